The lowest BCUT2D eigenvalue weighted by molar-refractivity contribution is 0.482. The largest absolute Gasteiger partial charge is 0.361 e. The van der Waals surface area contributed by atoms with Gasteiger partial charge in [0.25, 0.3) is 5.56 Å². The molecule has 0 spiro atoms. The molecule has 1 N–H and O–H groups in total. The third-order valence-electron chi connectivity index (χ3n) is 7.46. The SMILES string of the molecule is Cc1ccc(CNc2nc3c(C)nc(-c4c(C)ncnc4C4CC4)nc3n([C@@H](C)C3CC3)c2=O)cc1. The summed E-state index contributed by atoms with van der Waals surface area (Å²) in [5.74, 6) is 1.83. The fraction of sp³-hybridized carbons (Fsp3) is 0.429. The van der Waals surface area contributed by atoms with E-state index in [9.17, 15) is 4.79 Å². The molecule has 3 heterocycles. The van der Waals surface area contributed by atoms with E-state index in [2.05, 4.69) is 53.4 Å². The molecule has 2 saturated carbocycles. The first-order valence-electron chi connectivity index (χ1n) is 12.8. The number of nitrogens with one attached hydrogen (secondary N) is 1. The van der Waals surface area contributed by atoms with E-state index >= 15 is 0 Å². The lowest BCUT2D eigenvalue weighted by Gasteiger charge is -2.20. The Hall–Kier alpha value is -3.68. The smallest absolute Gasteiger partial charge is 0.295 e. The molecule has 0 radical (unpaired) electrons. The van der Waals surface area contributed by atoms with Crippen molar-refractivity contribution in [1.82, 2.24) is 29.5 Å². The zero-order valence-electron chi connectivity index (χ0n) is 21.2. The Morgan fingerprint density at radius 1 is 0.972 bits per heavy atom. The Morgan fingerprint density at radius 2 is 1.72 bits per heavy atom. The number of aromatic nitrogens is 6. The first kappa shape index (κ1) is 22.8. The molecule has 3 aromatic heterocycles. The maximum absolute atomic E-state index is 13.8. The zero-order chi connectivity index (χ0) is 25.0. The Morgan fingerprint density at radius 3 is 2.42 bits per heavy atom. The maximum atomic E-state index is 13.8. The molecule has 1 aromatic carbocycles. The second kappa shape index (κ2) is 8.76. The molecule has 0 saturated heterocycles. The van der Waals surface area contributed by atoms with Crippen molar-refractivity contribution in [2.45, 2.75) is 71.9 Å². The minimum atomic E-state index is -0.137. The van der Waals surface area contributed by atoms with Gasteiger partial charge in [0.15, 0.2) is 17.3 Å². The van der Waals surface area contributed by atoms with Crippen LogP contribution in [-0.4, -0.2) is 29.5 Å². The molecule has 184 valence electrons. The highest BCUT2D eigenvalue weighted by molar-refractivity contribution is 5.78. The summed E-state index contributed by atoms with van der Waals surface area (Å²) >= 11 is 0. The molecule has 36 heavy (non-hydrogen) atoms. The average Bonchev–Trinajstić information content (AvgIpc) is 3.76. The van der Waals surface area contributed by atoms with Crippen LogP contribution in [0.15, 0.2) is 35.4 Å². The third-order valence-corrected chi connectivity index (χ3v) is 7.46. The van der Waals surface area contributed by atoms with Crippen molar-refractivity contribution in [2.24, 2.45) is 5.92 Å². The van der Waals surface area contributed by atoms with Crippen molar-refractivity contribution in [3.05, 3.63) is 69.2 Å². The van der Waals surface area contributed by atoms with Crippen molar-refractivity contribution in [3.8, 4) is 11.4 Å². The van der Waals surface area contributed by atoms with Crippen molar-refractivity contribution in [2.75, 3.05) is 5.32 Å². The van der Waals surface area contributed by atoms with Crippen LogP contribution in [0.1, 0.15) is 72.8 Å². The van der Waals surface area contributed by atoms with E-state index in [1.54, 1.807) is 6.33 Å². The molecular formula is C28H31N7O. The summed E-state index contributed by atoms with van der Waals surface area (Å²) in [6.07, 6.45) is 6.11. The summed E-state index contributed by atoms with van der Waals surface area (Å²) in [6.45, 7) is 8.62. The summed E-state index contributed by atoms with van der Waals surface area (Å²) in [5.41, 5.74) is 6.91. The Balaban J connectivity index is 1.49. The molecule has 0 bridgehead atoms. The summed E-state index contributed by atoms with van der Waals surface area (Å²) < 4.78 is 1.84. The minimum Gasteiger partial charge on any atom is -0.361 e. The Bertz CT molecular complexity index is 1520. The lowest BCUT2D eigenvalue weighted by Crippen LogP contribution is -2.29. The van der Waals surface area contributed by atoms with E-state index in [0.29, 0.717) is 41.2 Å². The van der Waals surface area contributed by atoms with E-state index in [1.165, 1.54) is 5.56 Å². The number of aryl methyl sites for hydroxylation is 3. The van der Waals surface area contributed by atoms with E-state index in [-0.39, 0.29) is 11.6 Å². The molecule has 1 atom stereocenters. The average molecular weight is 482 g/mol. The summed E-state index contributed by atoms with van der Waals surface area (Å²) in [7, 11) is 0. The minimum absolute atomic E-state index is 0.0288. The number of hydrogen-bond donors (Lipinski definition) is 1. The number of hydrogen-bond acceptors (Lipinski definition) is 7. The van der Waals surface area contributed by atoms with Gasteiger partial charge in [0.1, 0.15) is 11.8 Å². The van der Waals surface area contributed by atoms with Gasteiger partial charge in [-0.2, -0.15) is 0 Å². The molecule has 2 fully saturated rings. The van der Waals surface area contributed by atoms with E-state index in [0.717, 1.165) is 53.9 Å². The van der Waals surface area contributed by atoms with E-state index in [1.807, 2.05) is 18.4 Å². The van der Waals surface area contributed by atoms with Crippen LogP contribution in [0, 0.1) is 26.7 Å². The number of rotatable bonds is 7. The normalized spacial score (nSPS) is 16.3. The van der Waals surface area contributed by atoms with Gasteiger partial charge in [0, 0.05) is 18.5 Å². The molecule has 4 aromatic rings. The maximum Gasteiger partial charge on any atom is 0.295 e. The highest BCUT2D eigenvalue weighted by atomic mass is 16.1. The quantitative estimate of drug-likeness (QED) is 0.395. The first-order chi connectivity index (χ1) is 17.4. The predicted octanol–water partition coefficient (Wildman–Crippen LogP) is 5.03. The van der Waals surface area contributed by atoms with Gasteiger partial charge in [0.05, 0.1) is 22.6 Å². The first-order valence-corrected chi connectivity index (χ1v) is 12.8. The predicted molar refractivity (Wildman–Crippen MR) is 140 cm³/mol. The summed E-state index contributed by atoms with van der Waals surface area (Å²) in [6, 6.07) is 8.31. The van der Waals surface area contributed by atoms with E-state index in [4.69, 9.17) is 15.0 Å². The fourth-order valence-corrected chi connectivity index (χ4v) is 4.94. The van der Waals surface area contributed by atoms with Gasteiger partial charge in [-0.05, 0) is 64.9 Å². The molecule has 0 unspecified atom stereocenters. The number of benzene rings is 1. The zero-order valence-corrected chi connectivity index (χ0v) is 21.2. The summed E-state index contributed by atoms with van der Waals surface area (Å²) in [4.78, 5) is 37.4. The van der Waals surface area contributed by atoms with Crippen LogP contribution in [0.2, 0.25) is 0 Å². The van der Waals surface area contributed by atoms with Crippen molar-refractivity contribution in [1.29, 1.82) is 0 Å². The molecule has 2 aliphatic rings. The van der Waals surface area contributed by atoms with Crippen LogP contribution >= 0.6 is 0 Å². The molecule has 8 nitrogen and oxygen atoms in total. The number of fused-ring (bicyclic) bond motifs is 1. The van der Waals surface area contributed by atoms with Gasteiger partial charge in [-0.25, -0.2) is 24.9 Å². The van der Waals surface area contributed by atoms with Gasteiger partial charge in [-0.3, -0.25) is 9.36 Å². The molecule has 0 amide bonds. The number of nitrogens with zero attached hydrogens (tertiary/aromatic N) is 6. The van der Waals surface area contributed by atoms with Crippen molar-refractivity contribution < 1.29 is 0 Å². The van der Waals surface area contributed by atoms with Crippen LogP contribution in [0.25, 0.3) is 22.6 Å². The van der Waals surface area contributed by atoms with Crippen molar-refractivity contribution in [3.63, 3.8) is 0 Å². The second-order valence-electron chi connectivity index (χ2n) is 10.4. The topological polar surface area (TPSA) is 98.5 Å². The van der Waals surface area contributed by atoms with Crippen LogP contribution in [0.3, 0.4) is 0 Å². The molecule has 0 aliphatic heterocycles. The Kier molecular flexibility index (Phi) is 5.54. The fourth-order valence-electron chi connectivity index (χ4n) is 4.94. The monoisotopic (exact) mass is 481 g/mol. The summed E-state index contributed by atoms with van der Waals surface area (Å²) in [5, 5.41) is 3.29. The van der Waals surface area contributed by atoms with Crippen LogP contribution in [0.5, 0.6) is 0 Å². The van der Waals surface area contributed by atoms with Gasteiger partial charge in [-0.1, -0.05) is 29.8 Å². The van der Waals surface area contributed by atoms with Crippen molar-refractivity contribution >= 4 is 17.0 Å². The second-order valence-corrected chi connectivity index (χ2v) is 10.4. The van der Waals surface area contributed by atoms with Gasteiger partial charge in [-0.15, -0.1) is 0 Å². The molecule has 8 heteroatoms. The highest BCUT2D eigenvalue weighted by Crippen LogP contribution is 2.44. The molecule has 6 rings (SSSR count). The van der Waals surface area contributed by atoms with Gasteiger partial charge >= 0.3 is 0 Å². The highest BCUT2D eigenvalue weighted by Gasteiger charge is 2.33. The number of anilines is 1. The Labute approximate surface area is 210 Å². The lowest BCUT2D eigenvalue weighted by atomic mass is 10.1. The molecule has 2 aliphatic carbocycles. The van der Waals surface area contributed by atoms with Gasteiger partial charge < -0.3 is 5.32 Å². The van der Waals surface area contributed by atoms with Gasteiger partial charge in [0.2, 0.25) is 0 Å². The molecular weight excluding hydrogens is 450 g/mol. The van der Waals surface area contributed by atoms with Crippen LogP contribution in [0.4, 0.5) is 5.82 Å². The van der Waals surface area contributed by atoms with E-state index < -0.39 is 0 Å². The standard InChI is InChI=1S/C28H31N7O/c1-15-5-7-19(8-6-15)13-29-26-28(36)35(18(4)20-9-10-20)27-23(33-26)17(3)32-25(34-27)22-16(2)30-14-31-24(22)21-11-12-21/h5-8,14,18,20-21H,9-13H2,1-4H3,(H,29,33)/t18-/m0/s1. The third kappa shape index (κ3) is 4.14. The van der Waals surface area contributed by atoms with Crippen LogP contribution < -0.4 is 10.9 Å². The van der Waals surface area contributed by atoms with Crippen LogP contribution in [-0.2, 0) is 6.54 Å².